The minimum Gasteiger partial charge on any atom is -0.329 e. The lowest BCUT2D eigenvalue weighted by molar-refractivity contribution is 0.519. The molecule has 0 radical (unpaired) electrons. The van der Waals surface area contributed by atoms with Crippen LogP contribution in [0, 0.1) is 17.2 Å². The maximum atomic E-state index is 12.2. The van der Waals surface area contributed by atoms with Crippen molar-refractivity contribution in [3.63, 3.8) is 0 Å². The number of nitrogens with zero attached hydrogens (tertiary/aromatic N) is 1. The second-order valence-electron chi connectivity index (χ2n) is 4.56. The number of halogens is 2. The quantitative estimate of drug-likeness (QED) is 0.854. The molecule has 1 atom stereocenters. The van der Waals surface area contributed by atoms with Crippen molar-refractivity contribution in [2.24, 2.45) is 11.7 Å². The van der Waals surface area contributed by atoms with Crippen LogP contribution in [0.15, 0.2) is 23.1 Å². The first kappa shape index (κ1) is 17.2. The van der Waals surface area contributed by atoms with E-state index in [1.54, 1.807) is 0 Å². The number of nitriles is 1. The molecule has 1 aliphatic rings. The minimum atomic E-state index is -3.70. The van der Waals surface area contributed by atoms with E-state index in [-0.39, 0.29) is 34.9 Å². The van der Waals surface area contributed by atoms with Crippen molar-refractivity contribution in [3.8, 4) is 6.07 Å². The Bertz CT molecular complexity index is 624. The minimum absolute atomic E-state index is 0. The zero-order valence-electron chi connectivity index (χ0n) is 10.5. The van der Waals surface area contributed by atoms with Crippen molar-refractivity contribution in [2.45, 2.75) is 23.8 Å². The van der Waals surface area contributed by atoms with Gasteiger partial charge in [-0.25, -0.2) is 13.1 Å². The summed E-state index contributed by atoms with van der Waals surface area (Å²) in [5, 5.41) is 8.77. The Morgan fingerprint density at radius 1 is 1.50 bits per heavy atom. The maximum absolute atomic E-state index is 12.2. The Hall–Kier alpha value is -0.840. The second-order valence-corrected chi connectivity index (χ2v) is 6.65. The topological polar surface area (TPSA) is 96.0 Å². The summed E-state index contributed by atoms with van der Waals surface area (Å²) in [6.45, 7) is 0.262. The number of rotatable bonds is 5. The van der Waals surface area contributed by atoms with Gasteiger partial charge in [-0.3, -0.25) is 0 Å². The molecule has 0 aromatic heterocycles. The van der Waals surface area contributed by atoms with Gasteiger partial charge < -0.3 is 5.73 Å². The van der Waals surface area contributed by atoms with Crippen molar-refractivity contribution in [2.75, 3.05) is 6.54 Å². The predicted octanol–water partition coefficient (Wildman–Crippen LogP) is 1.65. The molecule has 0 heterocycles. The first-order valence-corrected chi connectivity index (χ1v) is 7.76. The summed E-state index contributed by atoms with van der Waals surface area (Å²) in [5.41, 5.74) is 5.90. The number of hydrogen-bond acceptors (Lipinski definition) is 4. The Labute approximate surface area is 129 Å². The fraction of sp³-hybridized carbons (Fsp3) is 0.417. The van der Waals surface area contributed by atoms with E-state index in [4.69, 9.17) is 22.6 Å². The van der Waals surface area contributed by atoms with Gasteiger partial charge in [-0.1, -0.05) is 11.6 Å². The molecule has 20 heavy (non-hydrogen) atoms. The Morgan fingerprint density at radius 2 is 2.15 bits per heavy atom. The van der Waals surface area contributed by atoms with Crippen LogP contribution in [0.4, 0.5) is 0 Å². The maximum Gasteiger partial charge on any atom is 0.242 e. The van der Waals surface area contributed by atoms with Crippen LogP contribution in [0.3, 0.4) is 0 Å². The van der Waals surface area contributed by atoms with E-state index < -0.39 is 10.0 Å². The van der Waals surface area contributed by atoms with Crippen LogP contribution in [0.2, 0.25) is 5.02 Å². The van der Waals surface area contributed by atoms with Crippen molar-refractivity contribution >= 4 is 34.0 Å². The molecule has 1 aliphatic carbocycles. The molecule has 1 fully saturated rings. The number of benzene rings is 1. The smallest absolute Gasteiger partial charge is 0.242 e. The highest BCUT2D eigenvalue weighted by atomic mass is 35.5. The zero-order chi connectivity index (χ0) is 14.0. The van der Waals surface area contributed by atoms with Crippen LogP contribution in [0.1, 0.15) is 18.4 Å². The molecular weight excluding hydrogens is 321 g/mol. The van der Waals surface area contributed by atoms with Crippen molar-refractivity contribution in [3.05, 3.63) is 28.8 Å². The molecule has 1 unspecified atom stereocenters. The summed E-state index contributed by atoms with van der Waals surface area (Å²) in [4.78, 5) is -0.0210. The van der Waals surface area contributed by atoms with Gasteiger partial charge in [-0.05, 0) is 37.0 Å². The fourth-order valence-corrected chi connectivity index (χ4v) is 3.75. The lowest BCUT2D eigenvalue weighted by Crippen LogP contribution is -2.41. The first-order valence-electron chi connectivity index (χ1n) is 5.90. The van der Waals surface area contributed by atoms with E-state index >= 15 is 0 Å². The zero-order valence-corrected chi connectivity index (χ0v) is 12.9. The predicted molar refractivity (Wildman–Crippen MR) is 79.3 cm³/mol. The van der Waals surface area contributed by atoms with Crippen LogP contribution in [0.5, 0.6) is 0 Å². The van der Waals surface area contributed by atoms with Crippen LogP contribution < -0.4 is 10.5 Å². The molecule has 0 aliphatic heterocycles. The number of sulfonamides is 1. The average molecular weight is 336 g/mol. The number of nitrogens with one attached hydrogen (secondary N) is 1. The third-order valence-corrected chi connectivity index (χ3v) is 5.07. The van der Waals surface area contributed by atoms with Gasteiger partial charge >= 0.3 is 0 Å². The summed E-state index contributed by atoms with van der Waals surface area (Å²) in [6.07, 6.45) is 1.98. The van der Waals surface area contributed by atoms with Gasteiger partial charge in [0.05, 0.1) is 16.7 Å². The molecule has 8 heteroatoms. The number of hydrogen-bond donors (Lipinski definition) is 2. The second kappa shape index (κ2) is 6.74. The summed E-state index contributed by atoms with van der Waals surface area (Å²) in [7, 11) is -3.70. The fourth-order valence-electron chi connectivity index (χ4n) is 1.89. The largest absolute Gasteiger partial charge is 0.329 e. The molecule has 0 amide bonds. The molecule has 2 rings (SSSR count). The molecule has 0 saturated heterocycles. The Morgan fingerprint density at radius 3 is 2.60 bits per heavy atom. The Balaban J connectivity index is 0.00000200. The van der Waals surface area contributed by atoms with E-state index in [1.807, 2.05) is 6.07 Å². The molecule has 5 nitrogen and oxygen atoms in total. The highest BCUT2D eigenvalue weighted by Gasteiger charge is 2.33. The van der Waals surface area contributed by atoms with E-state index in [2.05, 4.69) is 4.72 Å². The van der Waals surface area contributed by atoms with Crippen molar-refractivity contribution in [1.29, 1.82) is 5.26 Å². The summed E-state index contributed by atoms with van der Waals surface area (Å²) in [5.74, 6) is 0.317. The lowest BCUT2D eigenvalue weighted by atomic mass is 10.2. The summed E-state index contributed by atoms with van der Waals surface area (Å²) < 4.78 is 27.0. The molecule has 0 bridgehead atoms. The summed E-state index contributed by atoms with van der Waals surface area (Å²) in [6, 6.07) is 5.75. The van der Waals surface area contributed by atoms with Crippen LogP contribution in [0.25, 0.3) is 0 Å². The highest BCUT2D eigenvalue weighted by molar-refractivity contribution is 7.89. The molecule has 0 spiro atoms. The molecule has 1 aromatic carbocycles. The monoisotopic (exact) mass is 335 g/mol. The first-order chi connectivity index (χ1) is 8.97. The SMILES string of the molecule is Cl.N#Cc1ccc(S(=O)(=O)NC(CN)C2CC2)c(Cl)c1. The average Bonchev–Trinajstić information content (AvgIpc) is 3.19. The van der Waals surface area contributed by atoms with Crippen molar-refractivity contribution in [1.82, 2.24) is 4.72 Å². The van der Waals surface area contributed by atoms with Crippen LogP contribution in [-0.2, 0) is 10.0 Å². The summed E-state index contributed by atoms with van der Waals surface area (Å²) >= 11 is 5.91. The van der Waals surface area contributed by atoms with E-state index in [9.17, 15) is 8.42 Å². The van der Waals surface area contributed by atoms with E-state index in [1.165, 1.54) is 18.2 Å². The van der Waals surface area contributed by atoms with Crippen molar-refractivity contribution < 1.29 is 8.42 Å². The third kappa shape index (κ3) is 3.84. The standard InChI is InChI=1S/C12H14ClN3O2S.ClH/c13-10-5-8(6-14)1-4-12(10)19(17,18)16-11(7-15)9-2-3-9;/h1,4-5,9,11,16H,2-3,7,15H2;1H. The van der Waals surface area contributed by atoms with E-state index in [0.29, 0.717) is 11.5 Å². The normalized spacial score (nSPS) is 16.1. The Kier molecular flexibility index (Phi) is 5.80. The molecule has 3 N–H and O–H groups in total. The molecule has 1 saturated carbocycles. The van der Waals surface area contributed by atoms with Gasteiger partial charge in [0.25, 0.3) is 0 Å². The van der Waals surface area contributed by atoms with Gasteiger partial charge in [0.15, 0.2) is 0 Å². The van der Waals surface area contributed by atoms with Crippen LogP contribution in [-0.4, -0.2) is 21.0 Å². The molecule has 110 valence electrons. The van der Waals surface area contributed by atoms with Gasteiger partial charge in [0.2, 0.25) is 10.0 Å². The van der Waals surface area contributed by atoms with Gasteiger partial charge in [-0.15, -0.1) is 12.4 Å². The van der Waals surface area contributed by atoms with Gasteiger partial charge in [0.1, 0.15) is 4.90 Å². The number of nitrogens with two attached hydrogens (primary N) is 1. The molecule has 1 aromatic rings. The highest BCUT2D eigenvalue weighted by Crippen LogP contribution is 2.33. The van der Waals surface area contributed by atoms with Gasteiger partial charge in [-0.2, -0.15) is 5.26 Å². The third-order valence-electron chi connectivity index (χ3n) is 3.10. The van der Waals surface area contributed by atoms with Gasteiger partial charge in [0, 0.05) is 12.6 Å². The van der Waals surface area contributed by atoms with Crippen LogP contribution >= 0.6 is 24.0 Å². The lowest BCUT2D eigenvalue weighted by Gasteiger charge is -2.16. The van der Waals surface area contributed by atoms with E-state index in [0.717, 1.165) is 12.8 Å². The molecular formula is C12H15Cl2N3O2S.